The van der Waals surface area contributed by atoms with Crippen molar-refractivity contribution in [1.29, 1.82) is 0 Å². The molecule has 1 aromatic heterocycles. The second kappa shape index (κ2) is 3.67. The lowest BCUT2D eigenvalue weighted by molar-refractivity contribution is 0.266. The van der Waals surface area contributed by atoms with Gasteiger partial charge in [-0.15, -0.1) is 0 Å². The highest BCUT2D eigenvalue weighted by Gasteiger charge is 2.03. The number of nitrogens with zero attached hydrogens (tertiary/aromatic N) is 1. The number of pyridine rings is 1. The fraction of sp³-hybridized carbons (Fsp3) is 0.286. The van der Waals surface area contributed by atoms with Crippen LogP contribution in [0.3, 0.4) is 0 Å². The van der Waals surface area contributed by atoms with Crippen molar-refractivity contribution in [2.45, 2.75) is 6.04 Å². The summed E-state index contributed by atoms with van der Waals surface area (Å²) in [6, 6.07) is 2.98. The van der Waals surface area contributed by atoms with Crippen LogP contribution in [0.25, 0.3) is 0 Å². The van der Waals surface area contributed by atoms with Crippen LogP contribution in [0.1, 0.15) is 11.7 Å². The molecule has 60 valence electrons. The van der Waals surface area contributed by atoms with Gasteiger partial charge in [0.05, 0.1) is 23.4 Å². The van der Waals surface area contributed by atoms with Crippen molar-refractivity contribution in [3.63, 3.8) is 0 Å². The van der Waals surface area contributed by atoms with Crippen LogP contribution in [0, 0.1) is 0 Å². The fourth-order valence-electron chi connectivity index (χ4n) is 0.700. The Hall–Kier alpha value is -0.640. The van der Waals surface area contributed by atoms with E-state index >= 15 is 0 Å². The molecule has 0 bridgehead atoms. The molecule has 0 fully saturated rings. The largest absolute Gasteiger partial charge is 0.394 e. The second-order valence-corrected chi connectivity index (χ2v) is 2.63. The molecule has 1 rings (SSSR count). The van der Waals surface area contributed by atoms with E-state index in [0.29, 0.717) is 10.7 Å². The molecule has 0 saturated heterocycles. The quantitative estimate of drug-likeness (QED) is 0.692. The Morgan fingerprint density at radius 3 is 2.82 bits per heavy atom. The van der Waals surface area contributed by atoms with E-state index in [1.165, 1.54) is 6.20 Å². The highest BCUT2D eigenvalue weighted by atomic mass is 35.5. The molecule has 0 aromatic carbocycles. The Morgan fingerprint density at radius 1 is 1.64 bits per heavy atom. The van der Waals surface area contributed by atoms with Gasteiger partial charge in [-0.3, -0.25) is 4.98 Å². The van der Waals surface area contributed by atoms with Crippen molar-refractivity contribution in [3.05, 3.63) is 29.0 Å². The molecule has 0 unspecified atom stereocenters. The summed E-state index contributed by atoms with van der Waals surface area (Å²) in [5.74, 6) is 0. The lowest BCUT2D eigenvalue weighted by Gasteiger charge is -2.05. The highest BCUT2D eigenvalue weighted by molar-refractivity contribution is 6.30. The number of aliphatic hydroxyl groups is 1. The minimum absolute atomic E-state index is 0.103. The first-order valence-electron chi connectivity index (χ1n) is 3.22. The van der Waals surface area contributed by atoms with E-state index in [0.717, 1.165) is 0 Å². The number of halogens is 1. The molecule has 3 N–H and O–H groups in total. The minimum atomic E-state index is -0.410. The molecular formula is C7H9ClN2O. The van der Waals surface area contributed by atoms with Gasteiger partial charge in [-0.2, -0.15) is 0 Å². The molecule has 4 heteroatoms. The predicted molar refractivity (Wildman–Crippen MR) is 43.3 cm³/mol. The summed E-state index contributed by atoms with van der Waals surface area (Å²) in [6.45, 7) is -0.103. The van der Waals surface area contributed by atoms with Gasteiger partial charge in [0, 0.05) is 6.20 Å². The Labute approximate surface area is 69.8 Å². The second-order valence-electron chi connectivity index (χ2n) is 2.19. The third-order valence-electron chi connectivity index (χ3n) is 1.33. The normalized spacial score (nSPS) is 13.0. The van der Waals surface area contributed by atoms with E-state index in [1.807, 2.05) is 0 Å². The molecule has 0 aliphatic carbocycles. The van der Waals surface area contributed by atoms with Gasteiger partial charge in [0.2, 0.25) is 0 Å². The van der Waals surface area contributed by atoms with E-state index in [4.69, 9.17) is 22.4 Å². The summed E-state index contributed by atoms with van der Waals surface area (Å²) in [7, 11) is 0. The van der Waals surface area contributed by atoms with E-state index in [1.54, 1.807) is 12.1 Å². The van der Waals surface area contributed by atoms with Crippen molar-refractivity contribution < 1.29 is 5.11 Å². The summed E-state index contributed by atoms with van der Waals surface area (Å²) in [4.78, 5) is 3.93. The van der Waals surface area contributed by atoms with Crippen LogP contribution in [0.5, 0.6) is 0 Å². The SMILES string of the molecule is N[C@@H](CO)c1ccc(Cl)cn1. The Kier molecular flexibility index (Phi) is 2.82. The minimum Gasteiger partial charge on any atom is -0.394 e. The Bertz CT molecular complexity index is 224. The van der Waals surface area contributed by atoms with Crippen LogP contribution in [-0.2, 0) is 0 Å². The van der Waals surface area contributed by atoms with Crippen LogP contribution in [-0.4, -0.2) is 16.7 Å². The predicted octanol–water partition coefficient (Wildman–Crippen LogP) is 0.727. The van der Waals surface area contributed by atoms with Crippen molar-refractivity contribution >= 4 is 11.6 Å². The Balaban J connectivity index is 2.81. The van der Waals surface area contributed by atoms with E-state index in [2.05, 4.69) is 4.98 Å². The molecule has 0 radical (unpaired) electrons. The molecule has 0 saturated carbocycles. The summed E-state index contributed by atoms with van der Waals surface area (Å²) in [5.41, 5.74) is 6.14. The Morgan fingerprint density at radius 2 is 2.36 bits per heavy atom. The van der Waals surface area contributed by atoms with Gasteiger partial charge < -0.3 is 10.8 Å². The zero-order valence-corrected chi connectivity index (χ0v) is 6.62. The summed E-state index contributed by atoms with van der Waals surface area (Å²) >= 11 is 5.59. The highest BCUT2D eigenvalue weighted by Crippen LogP contribution is 2.10. The van der Waals surface area contributed by atoms with Gasteiger partial charge in [-0.1, -0.05) is 11.6 Å². The molecule has 0 aliphatic rings. The maximum Gasteiger partial charge on any atom is 0.0705 e. The smallest absolute Gasteiger partial charge is 0.0705 e. The van der Waals surface area contributed by atoms with E-state index < -0.39 is 6.04 Å². The number of hydrogen-bond acceptors (Lipinski definition) is 3. The maximum absolute atomic E-state index is 8.66. The van der Waals surface area contributed by atoms with Gasteiger partial charge in [-0.05, 0) is 12.1 Å². The van der Waals surface area contributed by atoms with Crippen LogP contribution in [0.4, 0.5) is 0 Å². The average Bonchev–Trinajstić information content (AvgIpc) is 2.05. The van der Waals surface area contributed by atoms with Crippen molar-refractivity contribution in [2.24, 2.45) is 5.73 Å². The molecule has 1 aromatic rings. The van der Waals surface area contributed by atoms with Gasteiger partial charge in [0.15, 0.2) is 0 Å². The van der Waals surface area contributed by atoms with Crippen molar-refractivity contribution in [2.75, 3.05) is 6.61 Å². The molecule has 1 heterocycles. The lowest BCUT2D eigenvalue weighted by Crippen LogP contribution is -2.15. The van der Waals surface area contributed by atoms with Crippen LogP contribution < -0.4 is 5.73 Å². The zero-order chi connectivity index (χ0) is 8.27. The first-order valence-corrected chi connectivity index (χ1v) is 3.59. The zero-order valence-electron chi connectivity index (χ0n) is 5.87. The fourth-order valence-corrected chi connectivity index (χ4v) is 0.812. The molecule has 0 spiro atoms. The van der Waals surface area contributed by atoms with Gasteiger partial charge in [0.1, 0.15) is 0 Å². The number of aliphatic hydroxyl groups excluding tert-OH is 1. The third-order valence-corrected chi connectivity index (χ3v) is 1.55. The number of aromatic nitrogens is 1. The van der Waals surface area contributed by atoms with E-state index in [9.17, 15) is 0 Å². The monoisotopic (exact) mass is 172 g/mol. The maximum atomic E-state index is 8.66. The summed E-state index contributed by atoms with van der Waals surface area (Å²) in [5, 5.41) is 9.23. The van der Waals surface area contributed by atoms with Crippen LogP contribution in [0.15, 0.2) is 18.3 Å². The number of nitrogens with two attached hydrogens (primary N) is 1. The standard InChI is InChI=1S/C7H9ClN2O/c8-5-1-2-7(10-3-5)6(9)4-11/h1-3,6,11H,4,9H2/t6-/m0/s1. The number of hydrogen-bond donors (Lipinski definition) is 2. The topological polar surface area (TPSA) is 59.1 Å². The van der Waals surface area contributed by atoms with Gasteiger partial charge in [-0.25, -0.2) is 0 Å². The van der Waals surface area contributed by atoms with Crippen molar-refractivity contribution in [3.8, 4) is 0 Å². The van der Waals surface area contributed by atoms with Gasteiger partial charge >= 0.3 is 0 Å². The average molecular weight is 173 g/mol. The molecule has 11 heavy (non-hydrogen) atoms. The van der Waals surface area contributed by atoms with Gasteiger partial charge in [0.25, 0.3) is 0 Å². The van der Waals surface area contributed by atoms with E-state index in [-0.39, 0.29) is 6.61 Å². The molecule has 3 nitrogen and oxygen atoms in total. The van der Waals surface area contributed by atoms with Crippen LogP contribution in [0.2, 0.25) is 5.02 Å². The molecule has 1 atom stereocenters. The molecule has 0 aliphatic heterocycles. The van der Waals surface area contributed by atoms with Crippen LogP contribution >= 0.6 is 11.6 Å². The third kappa shape index (κ3) is 2.15. The molecule has 0 amide bonds. The first-order chi connectivity index (χ1) is 5.24. The first kappa shape index (κ1) is 8.46. The summed E-state index contributed by atoms with van der Waals surface area (Å²) < 4.78 is 0. The summed E-state index contributed by atoms with van der Waals surface area (Å²) in [6.07, 6.45) is 1.51. The molecular weight excluding hydrogens is 164 g/mol. The number of rotatable bonds is 2. The van der Waals surface area contributed by atoms with Crippen molar-refractivity contribution in [1.82, 2.24) is 4.98 Å². The lowest BCUT2D eigenvalue weighted by atomic mass is 10.2.